The Balaban J connectivity index is 1.52. The molecule has 4 rings (SSSR count). The van der Waals surface area contributed by atoms with Crippen molar-refractivity contribution in [3.05, 3.63) is 61.4 Å². The molecule has 0 N–H and O–H groups in total. The van der Waals surface area contributed by atoms with Crippen molar-refractivity contribution in [3.8, 4) is 11.5 Å². The van der Waals surface area contributed by atoms with E-state index in [0.717, 1.165) is 8.66 Å². The van der Waals surface area contributed by atoms with E-state index in [9.17, 15) is 9.59 Å². The van der Waals surface area contributed by atoms with Crippen LogP contribution in [0.1, 0.15) is 14.5 Å². The summed E-state index contributed by atoms with van der Waals surface area (Å²) >= 11 is 6.13. The summed E-state index contributed by atoms with van der Waals surface area (Å²) in [6.45, 7) is 0.981. The molecule has 0 fully saturated rings. The molecular weight excluding hydrogens is 478 g/mol. The molecular formula is C20H16BrNO5S2. The first-order valence-electron chi connectivity index (χ1n) is 8.75. The highest BCUT2D eigenvalue weighted by Crippen LogP contribution is 2.34. The van der Waals surface area contributed by atoms with E-state index in [-0.39, 0.29) is 12.5 Å². The van der Waals surface area contributed by atoms with Gasteiger partial charge in [-0.3, -0.25) is 4.79 Å². The maximum absolute atomic E-state index is 13.0. The van der Waals surface area contributed by atoms with Crippen LogP contribution in [0.2, 0.25) is 0 Å². The van der Waals surface area contributed by atoms with E-state index < -0.39 is 5.97 Å². The number of ether oxygens (including phenoxy) is 3. The molecule has 9 heteroatoms. The number of anilines is 1. The molecule has 6 nitrogen and oxygen atoms in total. The first-order valence-corrected chi connectivity index (χ1v) is 11.2. The van der Waals surface area contributed by atoms with Gasteiger partial charge in [0.15, 0.2) is 18.1 Å². The number of hydrogen-bond donors (Lipinski definition) is 0. The van der Waals surface area contributed by atoms with Crippen LogP contribution in [0.25, 0.3) is 0 Å². The number of carbonyl (C=O) groups is 2. The van der Waals surface area contributed by atoms with Gasteiger partial charge in [-0.2, -0.15) is 0 Å². The molecule has 0 bridgehead atoms. The number of halogens is 1. The molecule has 2 aromatic heterocycles. The normalized spacial score (nSPS) is 12.4. The second-order valence-electron chi connectivity index (χ2n) is 6.07. The van der Waals surface area contributed by atoms with Gasteiger partial charge in [0, 0.05) is 16.6 Å². The first kappa shape index (κ1) is 19.9. The summed E-state index contributed by atoms with van der Waals surface area (Å²) in [4.78, 5) is 28.2. The molecule has 3 heterocycles. The number of thiophene rings is 2. The standard InChI is InChI=1S/C20H16BrNO5S2/c21-18-6-5-17(29-18)20(24)27-12-19(23)22(11-14-2-1-9-28-14)13-3-4-15-16(10-13)26-8-7-25-15/h1-6,9-10H,7-8,11-12H2. The Hall–Kier alpha value is -2.36. The summed E-state index contributed by atoms with van der Waals surface area (Å²) in [6, 6.07) is 12.7. The minimum atomic E-state index is -0.521. The van der Waals surface area contributed by atoms with Crippen LogP contribution < -0.4 is 14.4 Å². The predicted molar refractivity (Wildman–Crippen MR) is 115 cm³/mol. The molecule has 0 radical (unpaired) electrons. The van der Waals surface area contributed by atoms with E-state index >= 15 is 0 Å². The number of benzene rings is 1. The highest BCUT2D eigenvalue weighted by Gasteiger charge is 2.22. The number of rotatable bonds is 6. The van der Waals surface area contributed by atoms with Crippen LogP contribution in [-0.4, -0.2) is 31.7 Å². The average Bonchev–Trinajstić information content (AvgIpc) is 3.41. The lowest BCUT2D eigenvalue weighted by Gasteiger charge is -2.25. The lowest BCUT2D eigenvalue weighted by atomic mass is 10.2. The van der Waals surface area contributed by atoms with Gasteiger partial charge >= 0.3 is 5.97 Å². The van der Waals surface area contributed by atoms with Crippen LogP contribution in [0, 0.1) is 0 Å². The van der Waals surface area contributed by atoms with E-state index in [1.54, 1.807) is 46.6 Å². The predicted octanol–water partition coefficient (Wildman–Crippen LogP) is 4.73. The summed E-state index contributed by atoms with van der Waals surface area (Å²) in [6.07, 6.45) is 0. The van der Waals surface area contributed by atoms with Gasteiger partial charge in [-0.1, -0.05) is 6.07 Å². The van der Waals surface area contributed by atoms with Crippen LogP contribution in [0.3, 0.4) is 0 Å². The number of hydrogen-bond acceptors (Lipinski definition) is 7. The van der Waals surface area contributed by atoms with Crippen LogP contribution >= 0.6 is 38.6 Å². The average molecular weight is 494 g/mol. The number of fused-ring (bicyclic) bond motifs is 1. The SMILES string of the molecule is O=C(OCC(=O)N(Cc1cccs1)c1ccc2c(c1)OCCO2)c1ccc(Br)s1. The van der Waals surface area contributed by atoms with Gasteiger partial charge < -0.3 is 19.1 Å². The number of nitrogens with zero attached hydrogens (tertiary/aromatic N) is 1. The molecule has 1 amide bonds. The Bertz CT molecular complexity index is 1020. The van der Waals surface area contributed by atoms with Crippen LogP contribution in [0.5, 0.6) is 11.5 Å². The fourth-order valence-corrected chi connectivity index (χ4v) is 4.75. The van der Waals surface area contributed by atoms with Crippen molar-refractivity contribution in [1.29, 1.82) is 0 Å². The van der Waals surface area contributed by atoms with Gasteiger partial charge in [0.25, 0.3) is 5.91 Å². The van der Waals surface area contributed by atoms with Crippen LogP contribution in [0.4, 0.5) is 5.69 Å². The third-order valence-corrected chi connectivity index (χ3v) is 6.60. The summed E-state index contributed by atoms with van der Waals surface area (Å²) in [7, 11) is 0. The minimum Gasteiger partial charge on any atom is -0.486 e. The number of esters is 1. The maximum atomic E-state index is 13.0. The first-order chi connectivity index (χ1) is 14.1. The molecule has 0 unspecified atom stereocenters. The van der Waals surface area contributed by atoms with E-state index in [2.05, 4.69) is 15.9 Å². The van der Waals surface area contributed by atoms with Gasteiger partial charge in [-0.05, 0) is 51.6 Å². The molecule has 29 heavy (non-hydrogen) atoms. The molecule has 3 aromatic rings. The molecule has 150 valence electrons. The molecule has 0 atom stereocenters. The van der Waals surface area contributed by atoms with Crippen molar-refractivity contribution < 1.29 is 23.8 Å². The Morgan fingerprint density at radius 3 is 2.66 bits per heavy atom. The third kappa shape index (κ3) is 4.80. The molecule has 0 saturated heterocycles. The molecule has 0 aliphatic carbocycles. The van der Waals surface area contributed by atoms with Crippen LogP contribution in [0.15, 0.2) is 51.6 Å². The molecule has 1 aliphatic heterocycles. The lowest BCUT2D eigenvalue weighted by molar-refractivity contribution is -0.121. The molecule has 0 saturated carbocycles. The highest BCUT2D eigenvalue weighted by molar-refractivity contribution is 9.11. The monoisotopic (exact) mass is 493 g/mol. The highest BCUT2D eigenvalue weighted by atomic mass is 79.9. The maximum Gasteiger partial charge on any atom is 0.348 e. The van der Waals surface area contributed by atoms with E-state index in [0.29, 0.717) is 41.8 Å². The fourth-order valence-electron chi connectivity index (χ4n) is 2.78. The van der Waals surface area contributed by atoms with E-state index in [1.807, 2.05) is 17.5 Å². The molecule has 0 spiro atoms. The van der Waals surface area contributed by atoms with Gasteiger partial charge in [0.2, 0.25) is 0 Å². The minimum absolute atomic E-state index is 0.320. The summed E-state index contributed by atoms with van der Waals surface area (Å²) in [5.41, 5.74) is 0.655. The zero-order valence-electron chi connectivity index (χ0n) is 15.1. The second-order valence-corrected chi connectivity index (χ2v) is 9.56. The number of amides is 1. The third-order valence-electron chi connectivity index (χ3n) is 4.13. The van der Waals surface area contributed by atoms with Crippen molar-refractivity contribution in [2.45, 2.75) is 6.54 Å². The van der Waals surface area contributed by atoms with Crippen molar-refractivity contribution in [3.63, 3.8) is 0 Å². The topological polar surface area (TPSA) is 65.1 Å². The van der Waals surface area contributed by atoms with Crippen molar-refractivity contribution in [2.24, 2.45) is 0 Å². The second kappa shape index (κ2) is 8.98. The largest absolute Gasteiger partial charge is 0.486 e. The number of carbonyl (C=O) groups excluding carboxylic acids is 2. The summed E-state index contributed by atoms with van der Waals surface area (Å²) < 4.78 is 17.3. The van der Waals surface area contributed by atoms with Crippen molar-refractivity contribution >= 4 is 56.2 Å². The summed E-state index contributed by atoms with van der Waals surface area (Å²) in [5.74, 6) is 0.405. The Labute approximate surface area is 183 Å². The smallest absolute Gasteiger partial charge is 0.348 e. The van der Waals surface area contributed by atoms with Crippen molar-refractivity contribution in [2.75, 3.05) is 24.7 Å². The fraction of sp³-hybridized carbons (Fsp3) is 0.200. The van der Waals surface area contributed by atoms with Gasteiger partial charge in [-0.15, -0.1) is 22.7 Å². The Morgan fingerprint density at radius 1 is 1.10 bits per heavy atom. The zero-order valence-corrected chi connectivity index (χ0v) is 18.3. The Kier molecular flexibility index (Phi) is 6.17. The molecule has 1 aliphatic rings. The quantitative estimate of drug-likeness (QED) is 0.464. The van der Waals surface area contributed by atoms with Crippen molar-refractivity contribution in [1.82, 2.24) is 0 Å². The van der Waals surface area contributed by atoms with E-state index in [4.69, 9.17) is 14.2 Å². The molecule has 1 aromatic carbocycles. The van der Waals surface area contributed by atoms with Crippen LogP contribution in [-0.2, 0) is 16.1 Å². The lowest BCUT2D eigenvalue weighted by Crippen LogP contribution is -2.34. The van der Waals surface area contributed by atoms with Gasteiger partial charge in [0.05, 0.1) is 10.3 Å². The zero-order chi connectivity index (χ0) is 20.2. The Morgan fingerprint density at radius 2 is 1.93 bits per heavy atom. The summed E-state index contributed by atoms with van der Waals surface area (Å²) in [5, 5.41) is 1.95. The van der Waals surface area contributed by atoms with Gasteiger partial charge in [0.1, 0.15) is 18.1 Å². The van der Waals surface area contributed by atoms with E-state index in [1.165, 1.54) is 11.3 Å². The van der Waals surface area contributed by atoms with Gasteiger partial charge in [-0.25, -0.2) is 4.79 Å².